The lowest BCUT2D eigenvalue weighted by Gasteiger charge is -2.34. The molecule has 3 aliphatic rings. The van der Waals surface area contributed by atoms with Gasteiger partial charge in [0, 0.05) is 43.0 Å². The van der Waals surface area contributed by atoms with Crippen LogP contribution >= 0.6 is 0 Å². The van der Waals surface area contributed by atoms with Crippen LogP contribution in [0.1, 0.15) is 37.7 Å². The highest BCUT2D eigenvalue weighted by Gasteiger charge is 2.43. The van der Waals surface area contributed by atoms with Gasteiger partial charge in [-0.05, 0) is 49.9 Å². The van der Waals surface area contributed by atoms with E-state index in [-0.39, 0.29) is 53.4 Å². The molecule has 0 radical (unpaired) electrons. The Morgan fingerprint density at radius 1 is 1.11 bits per heavy atom. The van der Waals surface area contributed by atoms with Gasteiger partial charge in [0.1, 0.15) is 11.6 Å². The first kappa shape index (κ1) is 24.9. The standard InChI is InChI=1S/C24H24F4N4O5/c25-22(26)14-1-8-20(29-12-14)32-10-9-31(23(32)34)16-4-2-15(3-5-16)30-21(33)13-35-17-6-7-18-19(11-17)37-24(27,28)36-18/h1,6-8,11-12,15-16,22H,2-5,9-10,13H2,(H,30,33). The number of halogens is 4. The zero-order chi connectivity index (χ0) is 26.2. The molecular formula is C24H24F4N4O5. The largest absolute Gasteiger partial charge is 0.586 e. The van der Waals surface area contributed by atoms with Crippen molar-refractivity contribution in [1.29, 1.82) is 0 Å². The SMILES string of the molecule is O=C(COc1ccc2c(c1)OC(F)(F)O2)NC1CCC(N2CCN(c3ccc(C(F)F)cn3)C2=O)CC1. The van der Waals surface area contributed by atoms with Crippen molar-refractivity contribution in [3.05, 3.63) is 42.1 Å². The highest BCUT2D eigenvalue weighted by Crippen LogP contribution is 2.42. The molecule has 3 amide bonds. The van der Waals surface area contributed by atoms with Crippen LogP contribution in [0.25, 0.3) is 0 Å². The number of benzene rings is 1. The summed E-state index contributed by atoms with van der Waals surface area (Å²) in [5, 5.41) is 2.90. The maximum absolute atomic E-state index is 13.1. The Balaban J connectivity index is 1.06. The smallest absolute Gasteiger partial charge is 0.484 e. The molecular weight excluding hydrogens is 500 g/mol. The molecule has 0 bridgehead atoms. The van der Waals surface area contributed by atoms with E-state index in [0.717, 1.165) is 6.20 Å². The van der Waals surface area contributed by atoms with Crippen molar-refractivity contribution in [2.24, 2.45) is 0 Å². The van der Waals surface area contributed by atoms with Crippen molar-refractivity contribution in [3.63, 3.8) is 0 Å². The molecule has 1 aromatic heterocycles. The third-order valence-electron chi connectivity index (χ3n) is 6.59. The molecule has 9 nitrogen and oxygen atoms in total. The van der Waals surface area contributed by atoms with Crippen molar-refractivity contribution < 1.29 is 41.4 Å². The number of rotatable bonds is 7. The van der Waals surface area contributed by atoms with E-state index in [2.05, 4.69) is 19.8 Å². The van der Waals surface area contributed by atoms with E-state index < -0.39 is 12.7 Å². The number of hydrogen-bond acceptors (Lipinski definition) is 6. The van der Waals surface area contributed by atoms with Crippen LogP contribution < -0.4 is 24.4 Å². The molecule has 2 fully saturated rings. The van der Waals surface area contributed by atoms with Crippen LogP contribution in [0.15, 0.2) is 36.5 Å². The minimum Gasteiger partial charge on any atom is -0.484 e. The first-order valence-electron chi connectivity index (χ1n) is 11.8. The van der Waals surface area contributed by atoms with Gasteiger partial charge < -0.3 is 24.4 Å². The monoisotopic (exact) mass is 524 g/mol. The van der Waals surface area contributed by atoms with E-state index in [4.69, 9.17) is 4.74 Å². The van der Waals surface area contributed by atoms with Crippen molar-refractivity contribution in [1.82, 2.24) is 15.2 Å². The van der Waals surface area contributed by atoms with E-state index in [9.17, 15) is 27.2 Å². The lowest BCUT2D eigenvalue weighted by Crippen LogP contribution is -2.46. The summed E-state index contributed by atoms with van der Waals surface area (Å²) < 4.78 is 65.9. The molecule has 0 spiro atoms. The van der Waals surface area contributed by atoms with Gasteiger partial charge in [-0.25, -0.2) is 18.6 Å². The summed E-state index contributed by atoms with van der Waals surface area (Å²) >= 11 is 0. The molecule has 37 heavy (non-hydrogen) atoms. The van der Waals surface area contributed by atoms with Gasteiger partial charge in [0.15, 0.2) is 18.1 Å². The van der Waals surface area contributed by atoms with Crippen molar-refractivity contribution in [3.8, 4) is 17.2 Å². The topological polar surface area (TPSA) is 93.2 Å². The average molecular weight is 524 g/mol. The number of carbonyl (C=O) groups is 2. The maximum Gasteiger partial charge on any atom is 0.586 e. The van der Waals surface area contributed by atoms with Crippen LogP contribution in [0.5, 0.6) is 17.2 Å². The summed E-state index contributed by atoms with van der Waals surface area (Å²) in [4.78, 5) is 32.5. The predicted octanol–water partition coefficient (Wildman–Crippen LogP) is 4.09. The summed E-state index contributed by atoms with van der Waals surface area (Å²) in [5.41, 5.74) is -0.196. The van der Waals surface area contributed by atoms with Gasteiger partial charge in [-0.3, -0.25) is 9.69 Å². The minimum absolute atomic E-state index is 0.00833. The zero-order valence-corrected chi connectivity index (χ0v) is 19.5. The second-order valence-electron chi connectivity index (χ2n) is 9.02. The molecule has 0 atom stereocenters. The van der Waals surface area contributed by atoms with Gasteiger partial charge >= 0.3 is 12.3 Å². The number of amides is 3. The fraction of sp³-hybridized carbons (Fsp3) is 0.458. The van der Waals surface area contributed by atoms with Gasteiger partial charge in [-0.1, -0.05) is 0 Å². The predicted molar refractivity (Wildman–Crippen MR) is 121 cm³/mol. The number of nitrogens with one attached hydrogen (secondary N) is 1. The minimum atomic E-state index is -3.73. The summed E-state index contributed by atoms with van der Waals surface area (Å²) in [5.74, 6) is -0.104. The molecule has 1 aromatic carbocycles. The normalized spacial score (nSPS) is 22.5. The fourth-order valence-corrected chi connectivity index (χ4v) is 4.76. The van der Waals surface area contributed by atoms with Gasteiger partial charge in [0.25, 0.3) is 12.3 Å². The van der Waals surface area contributed by atoms with Gasteiger partial charge in [-0.2, -0.15) is 0 Å². The molecule has 5 rings (SSSR count). The van der Waals surface area contributed by atoms with Crippen molar-refractivity contribution >= 4 is 17.8 Å². The summed E-state index contributed by atoms with van der Waals surface area (Å²) in [7, 11) is 0. The number of alkyl halides is 4. The Bertz CT molecular complexity index is 1160. The zero-order valence-electron chi connectivity index (χ0n) is 19.5. The third kappa shape index (κ3) is 5.49. The fourth-order valence-electron chi connectivity index (χ4n) is 4.76. The molecule has 1 N–H and O–H groups in total. The van der Waals surface area contributed by atoms with Gasteiger partial charge in [0.2, 0.25) is 0 Å². The molecule has 13 heteroatoms. The number of aromatic nitrogens is 1. The Hall–Kier alpha value is -3.77. The number of anilines is 1. The molecule has 1 saturated heterocycles. The van der Waals surface area contributed by atoms with Crippen molar-refractivity contribution in [2.45, 2.75) is 50.5 Å². The second kappa shape index (κ2) is 9.94. The van der Waals surface area contributed by atoms with Crippen molar-refractivity contribution in [2.75, 3.05) is 24.6 Å². The van der Waals surface area contributed by atoms with Crippen LogP contribution in [0.4, 0.5) is 28.2 Å². The Morgan fingerprint density at radius 2 is 1.86 bits per heavy atom. The number of pyridine rings is 1. The van der Waals surface area contributed by atoms with Gasteiger partial charge in [-0.15, -0.1) is 8.78 Å². The van der Waals surface area contributed by atoms with E-state index in [1.807, 2.05) is 0 Å². The van der Waals surface area contributed by atoms with Crippen LogP contribution in [0.3, 0.4) is 0 Å². The molecule has 2 aliphatic heterocycles. The average Bonchev–Trinajstić information content (AvgIpc) is 3.40. The summed E-state index contributed by atoms with van der Waals surface area (Å²) in [6, 6.07) is 6.32. The number of ether oxygens (including phenoxy) is 3. The highest BCUT2D eigenvalue weighted by molar-refractivity contribution is 5.93. The molecule has 1 aliphatic carbocycles. The van der Waals surface area contributed by atoms with Gasteiger partial charge in [0.05, 0.1) is 0 Å². The van der Waals surface area contributed by atoms with Crippen LogP contribution in [-0.4, -0.2) is 59.9 Å². The van der Waals surface area contributed by atoms with Crippen LogP contribution in [0.2, 0.25) is 0 Å². The Morgan fingerprint density at radius 3 is 2.57 bits per heavy atom. The number of fused-ring (bicyclic) bond motifs is 1. The van der Waals surface area contributed by atoms with E-state index >= 15 is 0 Å². The van der Waals surface area contributed by atoms with E-state index in [1.165, 1.54) is 35.2 Å². The second-order valence-corrected chi connectivity index (χ2v) is 9.02. The molecule has 3 heterocycles. The maximum atomic E-state index is 13.1. The van der Waals surface area contributed by atoms with E-state index in [1.54, 1.807) is 4.90 Å². The highest BCUT2D eigenvalue weighted by atomic mass is 19.3. The first-order chi connectivity index (χ1) is 17.7. The lowest BCUT2D eigenvalue weighted by molar-refractivity contribution is -0.286. The quantitative estimate of drug-likeness (QED) is 0.549. The number of urea groups is 1. The molecule has 0 unspecified atom stereocenters. The first-order valence-corrected chi connectivity index (χ1v) is 11.8. The lowest BCUT2D eigenvalue weighted by atomic mass is 9.90. The van der Waals surface area contributed by atoms with Crippen LogP contribution in [-0.2, 0) is 4.79 Å². The number of carbonyl (C=O) groups excluding carboxylic acids is 2. The molecule has 1 saturated carbocycles. The Labute approximate surface area is 209 Å². The van der Waals surface area contributed by atoms with E-state index in [0.29, 0.717) is 44.6 Å². The number of hydrogen-bond donors (Lipinski definition) is 1. The number of nitrogens with zero attached hydrogens (tertiary/aromatic N) is 3. The summed E-state index contributed by atoms with van der Waals surface area (Å²) in [6.07, 6.45) is -2.54. The Kier molecular flexibility index (Phi) is 6.69. The molecule has 2 aromatic rings. The molecule has 198 valence electrons. The third-order valence-corrected chi connectivity index (χ3v) is 6.59. The van der Waals surface area contributed by atoms with Crippen LogP contribution in [0, 0.1) is 0 Å². The summed E-state index contributed by atoms with van der Waals surface area (Å²) in [6.45, 7) is 0.631.